The van der Waals surface area contributed by atoms with Gasteiger partial charge in [-0.05, 0) is 12.1 Å². The number of benzene rings is 1. The Morgan fingerprint density at radius 3 is 2.90 bits per heavy atom. The molecule has 1 aromatic carbocycles. The van der Waals surface area contributed by atoms with Crippen molar-refractivity contribution in [3.63, 3.8) is 0 Å². The van der Waals surface area contributed by atoms with Gasteiger partial charge in [-0.1, -0.05) is 18.2 Å². The molecule has 3 aromatic rings. The lowest BCUT2D eigenvalue weighted by molar-refractivity contribution is -0.142. The number of nitrogens with zero attached hydrogens (tertiary/aromatic N) is 2. The molecule has 7 heteroatoms. The number of aromatic nitrogens is 2. The van der Waals surface area contributed by atoms with Gasteiger partial charge in [0.15, 0.2) is 5.76 Å². The molecule has 2 heterocycles. The number of carboxylic acids is 1. The highest BCUT2D eigenvalue weighted by atomic mass is 16.5. The van der Waals surface area contributed by atoms with Crippen LogP contribution in [-0.2, 0) is 16.1 Å². The molecule has 0 spiro atoms. The van der Waals surface area contributed by atoms with Gasteiger partial charge in [0.25, 0.3) is 5.89 Å². The lowest BCUT2D eigenvalue weighted by Gasteiger charge is -1.94. The van der Waals surface area contributed by atoms with Crippen molar-refractivity contribution < 1.29 is 23.5 Å². The molecule has 0 bridgehead atoms. The molecule has 2 aromatic heterocycles. The van der Waals surface area contributed by atoms with Gasteiger partial charge in [0.2, 0.25) is 5.89 Å². The van der Waals surface area contributed by atoms with Crippen molar-refractivity contribution >= 4 is 16.9 Å². The van der Waals surface area contributed by atoms with Crippen LogP contribution in [0.4, 0.5) is 0 Å². The summed E-state index contributed by atoms with van der Waals surface area (Å²) in [6, 6.07) is 9.32. The molecule has 7 nitrogen and oxygen atoms in total. The van der Waals surface area contributed by atoms with E-state index in [0.717, 1.165) is 11.0 Å². The maximum atomic E-state index is 10.3. The van der Waals surface area contributed by atoms with Crippen LogP contribution >= 0.6 is 0 Å². The van der Waals surface area contributed by atoms with E-state index >= 15 is 0 Å². The van der Waals surface area contributed by atoms with Crippen LogP contribution in [0.1, 0.15) is 5.89 Å². The number of carboxylic acid groups (broad SMARTS) is 1. The van der Waals surface area contributed by atoms with E-state index in [2.05, 4.69) is 10.2 Å². The van der Waals surface area contributed by atoms with Crippen LogP contribution in [0.15, 0.2) is 39.2 Å². The molecule has 0 aliphatic rings. The average molecular weight is 274 g/mol. The zero-order valence-corrected chi connectivity index (χ0v) is 10.3. The van der Waals surface area contributed by atoms with E-state index in [9.17, 15) is 4.79 Å². The number of ether oxygens (including phenoxy) is 1. The molecule has 0 radical (unpaired) electrons. The Balaban J connectivity index is 1.77. The summed E-state index contributed by atoms with van der Waals surface area (Å²) in [6.07, 6.45) is 0. The van der Waals surface area contributed by atoms with E-state index in [1.807, 2.05) is 24.3 Å². The minimum Gasteiger partial charge on any atom is -0.480 e. The highest BCUT2D eigenvalue weighted by Crippen LogP contribution is 2.26. The highest BCUT2D eigenvalue weighted by Gasteiger charge is 2.13. The number of furan rings is 1. The van der Waals surface area contributed by atoms with Crippen LogP contribution in [0.3, 0.4) is 0 Å². The Bertz CT molecular complexity index is 713. The summed E-state index contributed by atoms with van der Waals surface area (Å²) < 4.78 is 15.8. The molecule has 20 heavy (non-hydrogen) atoms. The van der Waals surface area contributed by atoms with Crippen LogP contribution in [0.25, 0.3) is 22.6 Å². The molecule has 0 fully saturated rings. The SMILES string of the molecule is O=C(O)COCc1nnc(-c2cc3ccccc3o2)o1. The minimum absolute atomic E-state index is 0.0560. The predicted molar refractivity (Wildman–Crippen MR) is 66.8 cm³/mol. The van der Waals surface area contributed by atoms with Crippen molar-refractivity contribution in [1.82, 2.24) is 10.2 Å². The van der Waals surface area contributed by atoms with Gasteiger partial charge in [-0.15, -0.1) is 10.2 Å². The first-order valence-corrected chi connectivity index (χ1v) is 5.83. The standard InChI is InChI=1S/C13H10N2O5/c16-12(17)7-18-6-11-14-15-13(20-11)10-5-8-3-1-2-4-9(8)19-10/h1-5H,6-7H2,(H,16,17). The normalized spacial score (nSPS) is 11.0. The van der Waals surface area contributed by atoms with E-state index in [-0.39, 0.29) is 18.4 Å². The number of carbonyl (C=O) groups is 1. The van der Waals surface area contributed by atoms with E-state index < -0.39 is 12.6 Å². The first-order chi connectivity index (χ1) is 9.72. The summed E-state index contributed by atoms with van der Waals surface area (Å²) in [4.78, 5) is 10.3. The zero-order valence-electron chi connectivity index (χ0n) is 10.3. The predicted octanol–water partition coefficient (Wildman–Crippen LogP) is 2.08. The number of para-hydroxylation sites is 1. The molecular weight excluding hydrogens is 264 g/mol. The molecule has 0 aliphatic heterocycles. The second-order valence-corrected chi connectivity index (χ2v) is 4.04. The summed E-state index contributed by atoms with van der Waals surface area (Å²) in [6.45, 7) is -0.470. The number of hydrogen-bond donors (Lipinski definition) is 1. The average Bonchev–Trinajstić information content (AvgIpc) is 3.03. The summed E-state index contributed by atoms with van der Waals surface area (Å²) >= 11 is 0. The number of aliphatic carboxylic acids is 1. The molecule has 0 saturated heterocycles. The molecule has 0 unspecified atom stereocenters. The van der Waals surface area contributed by atoms with Crippen LogP contribution < -0.4 is 0 Å². The zero-order chi connectivity index (χ0) is 13.9. The molecule has 3 rings (SSSR count). The molecule has 0 saturated carbocycles. The largest absolute Gasteiger partial charge is 0.480 e. The van der Waals surface area contributed by atoms with Gasteiger partial charge in [0, 0.05) is 5.39 Å². The maximum Gasteiger partial charge on any atom is 0.329 e. The summed E-state index contributed by atoms with van der Waals surface area (Å²) in [5.74, 6) is -0.165. The molecular formula is C13H10N2O5. The Labute approximate surface area is 112 Å². The Morgan fingerprint density at radius 1 is 1.25 bits per heavy atom. The molecule has 1 N–H and O–H groups in total. The molecule has 0 atom stereocenters. The van der Waals surface area contributed by atoms with Gasteiger partial charge in [0.05, 0.1) is 0 Å². The monoisotopic (exact) mass is 274 g/mol. The first-order valence-electron chi connectivity index (χ1n) is 5.83. The third kappa shape index (κ3) is 2.52. The van der Waals surface area contributed by atoms with Gasteiger partial charge in [-0.25, -0.2) is 4.79 Å². The van der Waals surface area contributed by atoms with Crippen molar-refractivity contribution in [3.05, 3.63) is 36.2 Å². The van der Waals surface area contributed by atoms with Gasteiger partial charge < -0.3 is 18.7 Å². The molecule has 102 valence electrons. The number of hydrogen-bond acceptors (Lipinski definition) is 6. The van der Waals surface area contributed by atoms with Gasteiger partial charge in [-0.3, -0.25) is 0 Å². The van der Waals surface area contributed by atoms with Crippen LogP contribution in [0.5, 0.6) is 0 Å². The van der Waals surface area contributed by atoms with E-state index in [1.165, 1.54) is 0 Å². The fourth-order valence-corrected chi connectivity index (χ4v) is 1.72. The van der Waals surface area contributed by atoms with E-state index in [4.69, 9.17) is 18.7 Å². The smallest absolute Gasteiger partial charge is 0.329 e. The number of fused-ring (bicyclic) bond motifs is 1. The van der Waals surface area contributed by atoms with Crippen molar-refractivity contribution in [2.24, 2.45) is 0 Å². The van der Waals surface area contributed by atoms with E-state index in [0.29, 0.717) is 5.76 Å². The van der Waals surface area contributed by atoms with Crippen LogP contribution in [-0.4, -0.2) is 27.9 Å². The third-order valence-corrected chi connectivity index (χ3v) is 2.55. The Morgan fingerprint density at radius 2 is 2.10 bits per heavy atom. The highest BCUT2D eigenvalue weighted by molar-refractivity contribution is 5.81. The van der Waals surface area contributed by atoms with Gasteiger partial charge in [0.1, 0.15) is 18.8 Å². The Hall–Kier alpha value is -2.67. The summed E-state index contributed by atoms with van der Waals surface area (Å²) in [7, 11) is 0. The van der Waals surface area contributed by atoms with Crippen molar-refractivity contribution in [1.29, 1.82) is 0 Å². The molecule has 0 amide bonds. The second-order valence-electron chi connectivity index (χ2n) is 4.04. The fourth-order valence-electron chi connectivity index (χ4n) is 1.72. The van der Waals surface area contributed by atoms with Gasteiger partial charge >= 0.3 is 5.97 Å². The maximum absolute atomic E-state index is 10.3. The topological polar surface area (TPSA) is 98.6 Å². The lowest BCUT2D eigenvalue weighted by atomic mass is 10.2. The van der Waals surface area contributed by atoms with Crippen molar-refractivity contribution in [3.8, 4) is 11.7 Å². The number of rotatable bonds is 5. The van der Waals surface area contributed by atoms with Crippen LogP contribution in [0.2, 0.25) is 0 Å². The quantitative estimate of drug-likeness (QED) is 0.760. The van der Waals surface area contributed by atoms with Crippen LogP contribution in [0, 0.1) is 0 Å². The molecule has 0 aliphatic carbocycles. The van der Waals surface area contributed by atoms with E-state index in [1.54, 1.807) is 6.07 Å². The summed E-state index contributed by atoms with van der Waals surface area (Å²) in [5.41, 5.74) is 0.726. The first kappa shape index (κ1) is 12.4. The fraction of sp³-hybridized carbons (Fsp3) is 0.154. The lowest BCUT2D eigenvalue weighted by Crippen LogP contribution is -2.06. The van der Waals surface area contributed by atoms with Crippen molar-refractivity contribution in [2.75, 3.05) is 6.61 Å². The summed E-state index contributed by atoms with van der Waals surface area (Å²) in [5, 5.41) is 17.0. The third-order valence-electron chi connectivity index (χ3n) is 2.55. The van der Waals surface area contributed by atoms with Crippen molar-refractivity contribution in [2.45, 2.75) is 6.61 Å². The second kappa shape index (κ2) is 5.14. The van der Waals surface area contributed by atoms with Gasteiger partial charge in [-0.2, -0.15) is 0 Å². The Kier molecular flexibility index (Phi) is 3.18. The minimum atomic E-state index is -1.05.